The summed E-state index contributed by atoms with van der Waals surface area (Å²) in [6, 6.07) is 0. The highest BCUT2D eigenvalue weighted by atomic mass is 16.4. The van der Waals surface area contributed by atoms with Crippen molar-refractivity contribution in [2.45, 2.75) is 25.7 Å². The molecule has 2 heteroatoms. The number of hydrogen-bond donors (Lipinski definition) is 1. The number of hydrogen-bond acceptors (Lipinski definition) is 1. The van der Waals surface area contributed by atoms with Gasteiger partial charge in [0, 0.05) is 0 Å². The summed E-state index contributed by atoms with van der Waals surface area (Å²) in [5.41, 5.74) is 0. The molecule has 12 heavy (non-hydrogen) atoms. The van der Waals surface area contributed by atoms with Crippen LogP contribution >= 0.6 is 0 Å². The molecular formula is C10H14O2. The zero-order valence-corrected chi connectivity index (χ0v) is 7.07. The second-order valence-electron chi connectivity index (χ2n) is 3.89. The molecule has 3 unspecified atom stereocenters. The van der Waals surface area contributed by atoms with Crippen LogP contribution in [0.4, 0.5) is 0 Å². The van der Waals surface area contributed by atoms with Gasteiger partial charge in [-0.3, -0.25) is 4.79 Å². The van der Waals surface area contributed by atoms with Crippen molar-refractivity contribution >= 4 is 5.97 Å². The molecule has 1 saturated carbocycles. The highest BCUT2D eigenvalue weighted by Crippen LogP contribution is 2.43. The third kappa shape index (κ3) is 1.15. The molecule has 0 aliphatic heterocycles. The van der Waals surface area contributed by atoms with Gasteiger partial charge in [0.05, 0.1) is 5.92 Å². The minimum absolute atomic E-state index is 0.0556. The van der Waals surface area contributed by atoms with Crippen LogP contribution in [-0.4, -0.2) is 11.1 Å². The van der Waals surface area contributed by atoms with E-state index in [-0.39, 0.29) is 5.92 Å². The van der Waals surface area contributed by atoms with E-state index in [4.69, 9.17) is 5.11 Å². The maximum Gasteiger partial charge on any atom is 0.306 e. The van der Waals surface area contributed by atoms with E-state index in [1.54, 1.807) is 0 Å². The third-order valence-corrected chi connectivity index (χ3v) is 3.30. The van der Waals surface area contributed by atoms with Crippen molar-refractivity contribution in [3.63, 3.8) is 0 Å². The lowest BCUT2D eigenvalue weighted by Crippen LogP contribution is -2.22. The average molecular weight is 166 g/mol. The molecule has 0 radical (unpaired) electrons. The standard InChI is InChI=1S/C10H14O2/c11-10(12)9-6-5-7-3-1-2-4-8(7)9/h1-2,7-9H,3-6H2,(H,11,12). The largest absolute Gasteiger partial charge is 0.481 e. The van der Waals surface area contributed by atoms with Gasteiger partial charge in [0.1, 0.15) is 0 Å². The molecule has 0 spiro atoms. The van der Waals surface area contributed by atoms with Crippen LogP contribution in [0.1, 0.15) is 25.7 Å². The van der Waals surface area contributed by atoms with E-state index >= 15 is 0 Å². The second kappa shape index (κ2) is 2.92. The first-order valence-electron chi connectivity index (χ1n) is 4.67. The van der Waals surface area contributed by atoms with E-state index < -0.39 is 5.97 Å². The maximum absolute atomic E-state index is 10.8. The molecule has 2 aliphatic rings. The predicted octanol–water partition coefficient (Wildman–Crippen LogP) is 2.06. The lowest BCUT2D eigenvalue weighted by atomic mass is 9.81. The monoisotopic (exact) mass is 166 g/mol. The van der Waals surface area contributed by atoms with Crippen LogP contribution in [0.15, 0.2) is 12.2 Å². The first-order valence-corrected chi connectivity index (χ1v) is 4.67. The zero-order valence-electron chi connectivity index (χ0n) is 7.07. The van der Waals surface area contributed by atoms with Crippen molar-refractivity contribution in [3.05, 3.63) is 12.2 Å². The van der Waals surface area contributed by atoms with Crippen LogP contribution in [0.2, 0.25) is 0 Å². The van der Waals surface area contributed by atoms with Gasteiger partial charge >= 0.3 is 5.97 Å². The fourth-order valence-electron chi connectivity index (χ4n) is 2.63. The molecule has 3 atom stereocenters. The minimum Gasteiger partial charge on any atom is -0.481 e. The Bertz CT molecular complexity index is 220. The van der Waals surface area contributed by atoms with Gasteiger partial charge < -0.3 is 5.11 Å². The molecule has 1 N–H and O–H groups in total. The van der Waals surface area contributed by atoms with Gasteiger partial charge in [-0.2, -0.15) is 0 Å². The summed E-state index contributed by atoms with van der Waals surface area (Å²) >= 11 is 0. The van der Waals surface area contributed by atoms with Crippen molar-refractivity contribution in [1.29, 1.82) is 0 Å². The topological polar surface area (TPSA) is 37.3 Å². The molecular weight excluding hydrogens is 152 g/mol. The molecule has 1 fully saturated rings. The second-order valence-corrected chi connectivity index (χ2v) is 3.89. The highest BCUT2D eigenvalue weighted by molar-refractivity contribution is 5.70. The number of carboxylic acids is 1. The van der Waals surface area contributed by atoms with Gasteiger partial charge in [-0.05, 0) is 37.5 Å². The molecule has 0 aromatic carbocycles. The summed E-state index contributed by atoms with van der Waals surface area (Å²) in [5, 5.41) is 8.93. The summed E-state index contributed by atoms with van der Waals surface area (Å²) in [7, 11) is 0. The number of carboxylic acid groups (broad SMARTS) is 1. The smallest absolute Gasteiger partial charge is 0.306 e. The summed E-state index contributed by atoms with van der Waals surface area (Å²) in [6.45, 7) is 0. The number of rotatable bonds is 1. The van der Waals surface area contributed by atoms with Crippen LogP contribution in [0.25, 0.3) is 0 Å². The Morgan fingerprint density at radius 1 is 1.25 bits per heavy atom. The molecule has 0 aromatic heterocycles. The fourth-order valence-corrected chi connectivity index (χ4v) is 2.63. The van der Waals surface area contributed by atoms with Gasteiger partial charge in [-0.25, -0.2) is 0 Å². The van der Waals surface area contributed by atoms with E-state index in [0.29, 0.717) is 11.8 Å². The molecule has 66 valence electrons. The third-order valence-electron chi connectivity index (χ3n) is 3.30. The maximum atomic E-state index is 10.8. The molecule has 2 aliphatic carbocycles. The van der Waals surface area contributed by atoms with Gasteiger partial charge in [-0.1, -0.05) is 12.2 Å². The normalized spacial score (nSPS) is 39.5. The Labute approximate surface area is 72.3 Å². The fraction of sp³-hybridized carbons (Fsp3) is 0.700. The van der Waals surface area contributed by atoms with Crippen molar-refractivity contribution < 1.29 is 9.90 Å². The van der Waals surface area contributed by atoms with Crippen LogP contribution in [-0.2, 0) is 4.79 Å². The Morgan fingerprint density at radius 3 is 2.75 bits per heavy atom. The molecule has 0 aromatic rings. The quantitative estimate of drug-likeness (QED) is 0.605. The molecule has 2 rings (SSSR count). The summed E-state index contributed by atoms with van der Waals surface area (Å²) in [5.74, 6) is 0.460. The first kappa shape index (κ1) is 7.84. The van der Waals surface area contributed by atoms with E-state index in [1.165, 1.54) is 0 Å². The lowest BCUT2D eigenvalue weighted by Gasteiger charge is -2.23. The van der Waals surface area contributed by atoms with Crippen molar-refractivity contribution in [3.8, 4) is 0 Å². The molecule has 2 nitrogen and oxygen atoms in total. The van der Waals surface area contributed by atoms with Crippen molar-refractivity contribution in [2.75, 3.05) is 0 Å². The van der Waals surface area contributed by atoms with Crippen LogP contribution in [0.3, 0.4) is 0 Å². The molecule has 0 saturated heterocycles. The average Bonchev–Trinajstić information content (AvgIpc) is 2.47. The van der Waals surface area contributed by atoms with Gasteiger partial charge in [-0.15, -0.1) is 0 Å². The minimum atomic E-state index is -0.585. The Hall–Kier alpha value is -0.790. The van der Waals surface area contributed by atoms with Gasteiger partial charge in [0.25, 0.3) is 0 Å². The zero-order chi connectivity index (χ0) is 8.55. The Morgan fingerprint density at radius 2 is 2.00 bits per heavy atom. The highest BCUT2D eigenvalue weighted by Gasteiger charge is 2.39. The lowest BCUT2D eigenvalue weighted by molar-refractivity contribution is -0.143. The van der Waals surface area contributed by atoms with E-state index in [2.05, 4.69) is 12.2 Å². The van der Waals surface area contributed by atoms with E-state index in [0.717, 1.165) is 25.7 Å². The van der Waals surface area contributed by atoms with Crippen molar-refractivity contribution in [2.24, 2.45) is 17.8 Å². The Kier molecular flexibility index (Phi) is 1.91. The number of allylic oxidation sites excluding steroid dienone is 2. The van der Waals surface area contributed by atoms with Gasteiger partial charge in [0.2, 0.25) is 0 Å². The van der Waals surface area contributed by atoms with Crippen LogP contribution in [0, 0.1) is 17.8 Å². The Balaban J connectivity index is 2.11. The van der Waals surface area contributed by atoms with Crippen molar-refractivity contribution in [1.82, 2.24) is 0 Å². The molecule has 0 heterocycles. The summed E-state index contributed by atoms with van der Waals surface area (Å²) < 4.78 is 0. The van der Waals surface area contributed by atoms with E-state index in [9.17, 15) is 4.79 Å². The first-order chi connectivity index (χ1) is 5.79. The number of aliphatic carboxylic acids is 1. The number of carbonyl (C=O) groups is 1. The predicted molar refractivity (Wildman–Crippen MR) is 45.7 cm³/mol. The number of fused-ring (bicyclic) bond motifs is 1. The SMILES string of the molecule is O=C(O)C1CCC2CC=CCC21. The summed E-state index contributed by atoms with van der Waals surface area (Å²) in [4.78, 5) is 10.8. The van der Waals surface area contributed by atoms with Crippen LogP contribution < -0.4 is 0 Å². The van der Waals surface area contributed by atoms with Gasteiger partial charge in [0.15, 0.2) is 0 Å². The summed E-state index contributed by atoms with van der Waals surface area (Å²) in [6.07, 6.45) is 8.45. The molecule has 0 amide bonds. The van der Waals surface area contributed by atoms with E-state index in [1.807, 2.05) is 0 Å². The molecule has 0 bridgehead atoms. The van der Waals surface area contributed by atoms with Crippen LogP contribution in [0.5, 0.6) is 0 Å².